The first-order valence-corrected chi connectivity index (χ1v) is 8.83. The summed E-state index contributed by atoms with van der Waals surface area (Å²) in [4.78, 5) is 21.2. The van der Waals surface area contributed by atoms with E-state index in [1.54, 1.807) is 24.3 Å². The number of hydrogen-bond acceptors (Lipinski definition) is 5. The average molecular weight is 381 g/mol. The molecule has 1 aromatic heterocycles. The van der Waals surface area contributed by atoms with Gasteiger partial charge in [0.1, 0.15) is 5.56 Å². The van der Waals surface area contributed by atoms with Crippen LogP contribution < -0.4 is 5.56 Å². The molecule has 6 nitrogen and oxygen atoms in total. The Kier molecular flexibility index (Phi) is 6.92. The van der Waals surface area contributed by atoms with Crippen molar-refractivity contribution in [2.24, 2.45) is 4.99 Å². The largest absolute Gasteiger partial charge is 0.494 e. The van der Waals surface area contributed by atoms with Crippen molar-refractivity contribution in [3.05, 3.63) is 50.0 Å². The van der Waals surface area contributed by atoms with Gasteiger partial charge < -0.3 is 10.0 Å². The van der Waals surface area contributed by atoms with Crippen LogP contribution in [0, 0.1) is 4.77 Å². The Balaban J connectivity index is 2.37. The highest BCUT2D eigenvalue weighted by atomic mass is 35.5. The fourth-order valence-corrected chi connectivity index (χ4v) is 2.90. The van der Waals surface area contributed by atoms with Crippen LogP contribution >= 0.6 is 23.8 Å². The van der Waals surface area contributed by atoms with Crippen molar-refractivity contribution in [3.63, 3.8) is 0 Å². The third kappa shape index (κ3) is 4.56. The molecule has 0 saturated heterocycles. The number of benzene rings is 1. The van der Waals surface area contributed by atoms with Crippen LogP contribution in [-0.4, -0.2) is 52.0 Å². The number of halogens is 1. The molecule has 0 aliphatic heterocycles. The number of rotatable bonds is 7. The lowest BCUT2D eigenvalue weighted by atomic mass is 10.3. The van der Waals surface area contributed by atoms with E-state index in [0.717, 1.165) is 19.6 Å². The Morgan fingerprint density at radius 3 is 2.68 bits per heavy atom. The van der Waals surface area contributed by atoms with Crippen LogP contribution in [0.5, 0.6) is 5.88 Å². The van der Waals surface area contributed by atoms with Crippen LogP contribution in [0.15, 0.2) is 34.1 Å². The number of aromatic nitrogens is 2. The number of aromatic amines is 1. The van der Waals surface area contributed by atoms with Gasteiger partial charge in [-0.3, -0.25) is 19.3 Å². The second-order valence-corrected chi connectivity index (χ2v) is 6.14. The number of para-hydroxylation sites is 1. The molecule has 1 heterocycles. The zero-order valence-corrected chi connectivity index (χ0v) is 15.8. The highest BCUT2D eigenvalue weighted by Crippen LogP contribution is 2.24. The summed E-state index contributed by atoms with van der Waals surface area (Å²) in [5.41, 5.74) is 0.0474. The van der Waals surface area contributed by atoms with Gasteiger partial charge in [-0.2, -0.15) is 0 Å². The van der Waals surface area contributed by atoms with Crippen molar-refractivity contribution < 1.29 is 5.11 Å². The first kappa shape index (κ1) is 19.4. The predicted molar refractivity (Wildman–Crippen MR) is 104 cm³/mol. The fraction of sp³-hybridized carbons (Fsp3) is 0.353. The van der Waals surface area contributed by atoms with E-state index in [4.69, 9.17) is 23.8 Å². The summed E-state index contributed by atoms with van der Waals surface area (Å²) in [5.74, 6) is -0.284. The molecule has 8 heteroatoms. The number of aromatic hydroxyl groups is 1. The fourth-order valence-electron chi connectivity index (χ4n) is 2.41. The summed E-state index contributed by atoms with van der Waals surface area (Å²) in [6, 6.07) is 6.93. The molecule has 0 unspecified atom stereocenters. The molecule has 0 aliphatic rings. The summed E-state index contributed by atoms with van der Waals surface area (Å²) < 4.78 is 1.39. The lowest BCUT2D eigenvalue weighted by Crippen LogP contribution is -2.25. The molecule has 0 bridgehead atoms. The molecule has 0 amide bonds. The number of nitrogens with zero attached hydrogens (tertiary/aromatic N) is 3. The van der Waals surface area contributed by atoms with Crippen molar-refractivity contribution in [2.75, 3.05) is 26.2 Å². The zero-order chi connectivity index (χ0) is 18.4. The van der Waals surface area contributed by atoms with Gasteiger partial charge >= 0.3 is 0 Å². The SMILES string of the molecule is CCN(CC)CCN=Cc1c(O)n(-c2ccccc2Cl)c(=S)[nH]c1=O. The molecular weight excluding hydrogens is 360 g/mol. The maximum atomic E-state index is 12.1. The van der Waals surface area contributed by atoms with Gasteiger partial charge in [-0.05, 0) is 37.4 Å². The van der Waals surface area contributed by atoms with Crippen LogP contribution in [-0.2, 0) is 0 Å². The van der Waals surface area contributed by atoms with Gasteiger partial charge in [0.15, 0.2) is 4.77 Å². The van der Waals surface area contributed by atoms with E-state index in [2.05, 4.69) is 28.7 Å². The van der Waals surface area contributed by atoms with Crippen LogP contribution in [0.2, 0.25) is 5.02 Å². The van der Waals surface area contributed by atoms with E-state index in [-0.39, 0.29) is 16.2 Å². The van der Waals surface area contributed by atoms with Crippen LogP contribution in [0.25, 0.3) is 5.69 Å². The monoisotopic (exact) mass is 380 g/mol. The Morgan fingerprint density at radius 2 is 2.04 bits per heavy atom. The van der Waals surface area contributed by atoms with Crippen molar-refractivity contribution in [2.45, 2.75) is 13.8 Å². The van der Waals surface area contributed by atoms with Gasteiger partial charge in [0.05, 0.1) is 17.3 Å². The van der Waals surface area contributed by atoms with Crippen molar-refractivity contribution in [1.29, 1.82) is 0 Å². The maximum Gasteiger partial charge on any atom is 0.264 e. The highest BCUT2D eigenvalue weighted by Gasteiger charge is 2.14. The highest BCUT2D eigenvalue weighted by molar-refractivity contribution is 7.71. The topological polar surface area (TPSA) is 73.6 Å². The van der Waals surface area contributed by atoms with Gasteiger partial charge in [0, 0.05) is 12.8 Å². The molecule has 0 fully saturated rings. The minimum Gasteiger partial charge on any atom is -0.494 e. The first-order chi connectivity index (χ1) is 12.0. The molecule has 25 heavy (non-hydrogen) atoms. The Bertz CT molecular complexity index is 872. The van der Waals surface area contributed by atoms with Crippen LogP contribution in [0.1, 0.15) is 19.4 Å². The van der Waals surface area contributed by atoms with Crippen LogP contribution in [0.3, 0.4) is 0 Å². The third-order valence-electron chi connectivity index (χ3n) is 3.87. The number of H-pyrrole nitrogens is 1. The quantitative estimate of drug-likeness (QED) is 0.572. The second kappa shape index (κ2) is 8.94. The zero-order valence-electron chi connectivity index (χ0n) is 14.2. The summed E-state index contributed by atoms with van der Waals surface area (Å²) >= 11 is 11.3. The Hall–Kier alpha value is -1.96. The van der Waals surface area contributed by atoms with Crippen molar-refractivity contribution in [3.8, 4) is 11.6 Å². The van der Waals surface area contributed by atoms with Gasteiger partial charge in [0.2, 0.25) is 5.88 Å². The molecule has 0 radical (unpaired) electrons. The van der Waals surface area contributed by atoms with Gasteiger partial charge in [-0.25, -0.2) is 0 Å². The molecule has 1 aromatic carbocycles. The standard InChI is InChI=1S/C17H21ClN4O2S/c1-3-21(4-2)10-9-19-11-12-15(23)20-17(25)22(16(12)24)14-8-6-5-7-13(14)18/h5-8,11,24H,3-4,9-10H2,1-2H3,(H,20,23,25). The average Bonchev–Trinajstić information content (AvgIpc) is 2.59. The van der Waals surface area contributed by atoms with E-state index in [9.17, 15) is 9.90 Å². The molecule has 134 valence electrons. The number of likely N-dealkylation sites (N-methyl/N-ethyl adjacent to an activating group) is 1. The molecule has 2 rings (SSSR count). The van der Waals surface area contributed by atoms with E-state index in [1.807, 2.05) is 0 Å². The van der Waals surface area contributed by atoms with E-state index >= 15 is 0 Å². The molecule has 2 aromatic rings. The molecule has 0 aliphatic carbocycles. The van der Waals surface area contributed by atoms with E-state index in [1.165, 1.54) is 10.8 Å². The van der Waals surface area contributed by atoms with Gasteiger partial charge in [0.25, 0.3) is 5.56 Å². The van der Waals surface area contributed by atoms with Crippen molar-refractivity contribution >= 4 is 30.0 Å². The van der Waals surface area contributed by atoms with Crippen LogP contribution in [0.4, 0.5) is 0 Å². The summed E-state index contributed by atoms with van der Waals surface area (Å²) in [5, 5.41) is 11.0. The summed E-state index contributed by atoms with van der Waals surface area (Å²) in [6.45, 7) is 7.36. The molecule has 2 N–H and O–H groups in total. The third-order valence-corrected chi connectivity index (χ3v) is 4.48. The van der Waals surface area contributed by atoms with E-state index in [0.29, 0.717) is 17.3 Å². The second-order valence-electron chi connectivity index (χ2n) is 5.35. The normalized spacial score (nSPS) is 11.5. The lowest BCUT2D eigenvalue weighted by molar-refractivity contribution is 0.313. The minimum absolute atomic E-state index is 0.0491. The molecule has 0 atom stereocenters. The molecule has 0 saturated carbocycles. The summed E-state index contributed by atoms with van der Waals surface area (Å²) in [6.07, 6.45) is 1.37. The minimum atomic E-state index is -0.489. The number of nitrogens with one attached hydrogen (secondary N) is 1. The smallest absolute Gasteiger partial charge is 0.264 e. The maximum absolute atomic E-state index is 12.1. The molecular formula is C17H21ClN4O2S. The number of aliphatic imine (C=N–C) groups is 1. The van der Waals surface area contributed by atoms with Crippen molar-refractivity contribution in [1.82, 2.24) is 14.5 Å². The summed E-state index contributed by atoms with van der Waals surface area (Å²) in [7, 11) is 0. The lowest BCUT2D eigenvalue weighted by Gasteiger charge is -2.16. The molecule has 0 spiro atoms. The van der Waals surface area contributed by atoms with Gasteiger partial charge in [-0.1, -0.05) is 37.6 Å². The Morgan fingerprint density at radius 1 is 1.36 bits per heavy atom. The predicted octanol–water partition coefficient (Wildman–Crippen LogP) is 3.01. The number of hydrogen-bond donors (Lipinski definition) is 2. The van der Waals surface area contributed by atoms with Gasteiger partial charge in [-0.15, -0.1) is 0 Å². The first-order valence-electron chi connectivity index (χ1n) is 8.05. The Labute approximate surface area is 156 Å². The van der Waals surface area contributed by atoms with E-state index < -0.39 is 5.56 Å².